The molecule has 0 aliphatic carbocycles. The second kappa shape index (κ2) is 7.45. The molecular weight excluding hydrogens is 294 g/mol. The summed E-state index contributed by atoms with van der Waals surface area (Å²) in [5.41, 5.74) is 1.15. The van der Waals surface area contributed by atoms with Gasteiger partial charge in [-0.2, -0.15) is 0 Å². The van der Waals surface area contributed by atoms with E-state index in [0.29, 0.717) is 17.0 Å². The average molecular weight is 313 g/mol. The van der Waals surface area contributed by atoms with Gasteiger partial charge in [-0.3, -0.25) is 9.59 Å². The summed E-state index contributed by atoms with van der Waals surface area (Å²) in [5, 5.41) is 2.79. The highest BCUT2D eigenvalue weighted by Gasteiger charge is 2.11. The van der Waals surface area contributed by atoms with Crippen LogP contribution in [0.3, 0.4) is 0 Å². The molecule has 0 spiro atoms. The smallest absolute Gasteiger partial charge is 0.313 e. The van der Waals surface area contributed by atoms with E-state index in [2.05, 4.69) is 5.32 Å². The Balaban J connectivity index is 2.00. The van der Waals surface area contributed by atoms with E-state index in [1.807, 2.05) is 0 Å². The van der Waals surface area contributed by atoms with Crippen LogP contribution in [0.4, 0.5) is 5.69 Å². The minimum Gasteiger partial charge on any atom is -0.497 e. The lowest BCUT2D eigenvalue weighted by atomic mass is 10.2. The number of amides is 1. The predicted octanol–water partition coefficient (Wildman–Crippen LogP) is 3.51. The minimum absolute atomic E-state index is 0.201. The number of anilines is 1. The van der Waals surface area contributed by atoms with Gasteiger partial charge in [0.05, 0.1) is 13.0 Å². The number of carbonyl (C=O) groups is 2. The summed E-state index contributed by atoms with van der Waals surface area (Å²) in [4.78, 5) is 23.7. The van der Waals surface area contributed by atoms with Gasteiger partial charge < -0.3 is 14.8 Å². The van der Waals surface area contributed by atoms with Gasteiger partial charge in [0.15, 0.2) is 0 Å². The van der Waals surface area contributed by atoms with E-state index in [1.54, 1.807) is 69.5 Å². The van der Waals surface area contributed by atoms with Gasteiger partial charge in [0, 0.05) is 11.3 Å². The summed E-state index contributed by atoms with van der Waals surface area (Å²) in [6.07, 6.45) is 0. The van der Waals surface area contributed by atoms with Crippen LogP contribution in [0.1, 0.15) is 24.2 Å². The Morgan fingerprint density at radius 1 is 0.913 bits per heavy atom. The third-order valence-corrected chi connectivity index (χ3v) is 3.15. The number of nitrogens with one attached hydrogen (secondary N) is 1. The standard InChI is InChI=1S/C18H19NO4/c1-12(2)18(21)23-16-8-4-13(5-9-16)17(20)19-14-6-10-15(22-3)11-7-14/h4-12H,1-3H3,(H,19,20). The molecule has 0 fully saturated rings. The van der Waals surface area contributed by atoms with Crippen molar-refractivity contribution in [1.82, 2.24) is 0 Å². The van der Waals surface area contributed by atoms with Crippen molar-refractivity contribution in [2.45, 2.75) is 13.8 Å². The topological polar surface area (TPSA) is 64.6 Å². The molecule has 0 unspecified atom stereocenters. The van der Waals surface area contributed by atoms with E-state index in [0.717, 1.165) is 5.75 Å². The third kappa shape index (κ3) is 4.57. The van der Waals surface area contributed by atoms with Gasteiger partial charge in [0.25, 0.3) is 5.91 Å². The monoisotopic (exact) mass is 313 g/mol. The van der Waals surface area contributed by atoms with Gasteiger partial charge >= 0.3 is 5.97 Å². The number of hydrogen-bond acceptors (Lipinski definition) is 4. The first-order valence-electron chi connectivity index (χ1n) is 7.26. The maximum absolute atomic E-state index is 12.2. The first-order valence-corrected chi connectivity index (χ1v) is 7.26. The quantitative estimate of drug-likeness (QED) is 0.677. The molecule has 0 aliphatic rings. The molecule has 0 aromatic heterocycles. The normalized spacial score (nSPS) is 10.3. The van der Waals surface area contributed by atoms with Crippen LogP contribution in [0.5, 0.6) is 11.5 Å². The molecule has 0 saturated heterocycles. The Hall–Kier alpha value is -2.82. The third-order valence-electron chi connectivity index (χ3n) is 3.15. The van der Waals surface area contributed by atoms with E-state index in [1.165, 1.54) is 0 Å². The van der Waals surface area contributed by atoms with Gasteiger partial charge in [-0.15, -0.1) is 0 Å². The zero-order valence-corrected chi connectivity index (χ0v) is 13.3. The molecule has 0 heterocycles. The molecule has 0 radical (unpaired) electrons. The fourth-order valence-corrected chi connectivity index (χ4v) is 1.79. The van der Waals surface area contributed by atoms with Crippen molar-refractivity contribution in [2.75, 3.05) is 12.4 Å². The van der Waals surface area contributed by atoms with Crippen molar-refractivity contribution >= 4 is 17.6 Å². The van der Waals surface area contributed by atoms with Crippen LogP contribution < -0.4 is 14.8 Å². The van der Waals surface area contributed by atoms with Crippen LogP contribution in [0.15, 0.2) is 48.5 Å². The summed E-state index contributed by atoms with van der Waals surface area (Å²) in [7, 11) is 1.58. The maximum atomic E-state index is 12.2. The van der Waals surface area contributed by atoms with Crippen molar-refractivity contribution in [2.24, 2.45) is 5.92 Å². The van der Waals surface area contributed by atoms with Crippen molar-refractivity contribution in [3.63, 3.8) is 0 Å². The maximum Gasteiger partial charge on any atom is 0.313 e. The summed E-state index contributed by atoms with van der Waals surface area (Å²) in [6.45, 7) is 3.53. The number of methoxy groups -OCH3 is 1. The Kier molecular flexibility index (Phi) is 5.36. The molecule has 0 saturated carbocycles. The summed E-state index contributed by atoms with van der Waals surface area (Å²) in [5.74, 6) is 0.398. The molecule has 23 heavy (non-hydrogen) atoms. The molecule has 5 nitrogen and oxygen atoms in total. The van der Waals surface area contributed by atoms with Gasteiger partial charge in [0.1, 0.15) is 11.5 Å². The van der Waals surface area contributed by atoms with E-state index in [9.17, 15) is 9.59 Å². The van der Waals surface area contributed by atoms with Crippen LogP contribution in [-0.2, 0) is 4.79 Å². The SMILES string of the molecule is COc1ccc(NC(=O)c2ccc(OC(=O)C(C)C)cc2)cc1. The van der Waals surface area contributed by atoms with Crippen LogP contribution in [0.2, 0.25) is 0 Å². The summed E-state index contributed by atoms with van der Waals surface area (Å²) >= 11 is 0. The molecule has 120 valence electrons. The van der Waals surface area contributed by atoms with Crippen molar-refractivity contribution < 1.29 is 19.1 Å². The number of esters is 1. The number of ether oxygens (including phenoxy) is 2. The predicted molar refractivity (Wildman–Crippen MR) is 87.9 cm³/mol. The number of hydrogen-bond donors (Lipinski definition) is 1. The minimum atomic E-state index is -0.305. The zero-order valence-electron chi connectivity index (χ0n) is 13.3. The Bertz CT molecular complexity index is 675. The Labute approximate surface area is 135 Å². The highest BCUT2D eigenvalue weighted by atomic mass is 16.5. The zero-order chi connectivity index (χ0) is 16.8. The summed E-state index contributed by atoms with van der Waals surface area (Å²) < 4.78 is 10.2. The average Bonchev–Trinajstić information content (AvgIpc) is 2.56. The largest absolute Gasteiger partial charge is 0.497 e. The van der Waals surface area contributed by atoms with E-state index >= 15 is 0 Å². The lowest BCUT2D eigenvalue weighted by Gasteiger charge is -2.08. The van der Waals surface area contributed by atoms with E-state index < -0.39 is 0 Å². The molecule has 0 atom stereocenters. The number of benzene rings is 2. The van der Waals surface area contributed by atoms with Crippen LogP contribution in [0, 0.1) is 5.92 Å². The highest BCUT2D eigenvalue weighted by molar-refractivity contribution is 6.04. The van der Waals surface area contributed by atoms with Crippen molar-refractivity contribution in [3.05, 3.63) is 54.1 Å². The molecule has 0 bridgehead atoms. The molecule has 2 aromatic carbocycles. The van der Waals surface area contributed by atoms with Crippen LogP contribution in [-0.4, -0.2) is 19.0 Å². The molecule has 1 amide bonds. The Morgan fingerprint density at radius 3 is 2.00 bits per heavy atom. The molecule has 5 heteroatoms. The fraction of sp³-hybridized carbons (Fsp3) is 0.222. The van der Waals surface area contributed by atoms with Gasteiger partial charge in [-0.1, -0.05) is 13.8 Å². The molecule has 0 aliphatic heterocycles. The summed E-state index contributed by atoms with van der Waals surface area (Å²) in [6, 6.07) is 13.5. The lowest BCUT2D eigenvalue weighted by molar-refractivity contribution is -0.137. The molecule has 2 aromatic rings. The van der Waals surface area contributed by atoms with Gasteiger partial charge in [-0.25, -0.2) is 0 Å². The van der Waals surface area contributed by atoms with Crippen molar-refractivity contribution in [3.8, 4) is 11.5 Å². The molecular formula is C18H19NO4. The first kappa shape index (κ1) is 16.5. The first-order chi connectivity index (χ1) is 11.0. The van der Waals surface area contributed by atoms with Gasteiger partial charge in [-0.05, 0) is 48.5 Å². The lowest BCUT2D eigenvalue weighted by Crippen LogP contribution is -2.15. The highest BCUT2D eigenvalue weighted by Crippen LogP contribution is 2.17. The van der Waals surface area contributed by atoms with Crippen LogP contribution >= 0.6 is 0 Å². The second-order valence-corrected chi connectivity index (χ2v) is 5.28. The van der Waals surface area contributed by atoms with E-state index in [4.69, 9.17) is 9.47 Å². The second-order valence-electron chi connectivity index (χ2n) is 5.28. The number of rotatable bonds is 5. The van der Waals surface area contributed by atoms with E-state index in [-0.39, 0.29) is 17.8 Å². The number of carbonyl (C=O) groups excluding carboxylic acids is 2. The van der Waals surface area contributed by atoms with Crippen molar-refractivity contribution in [1.29, 1.82) is 0 Å². The molecule has 1 N–H and O–H groups in total. The fourth-order valence-electron chi connectivity index (χ4n) is 1.79. The van der Waals surface area contributed by atoms with Crippen LogP contribution in [0.25, 0.3) is 0 Å². The van der Waals surface area contributed by atoms with Gasteiger partial charge in [0.2, 0.25) is 0 Å². The Morgan fingerprint density at radius 2 is 1.48 bits per heavy atom. The molecule has 2 rings (SSSR count).